The molecule has 0 radical (unpaired) electrons. The van der Waals surface area contributed by atoms with Crippen LogP contribution in [0.1, 0.15) is 16.1 Å². The van der Waals surface area contributed by atoms with Gasteiger partial charge in [-0.1, -0.05) is 29.8 Å². The number of rotatable bonds is 3. The number of hydrogen-bond acceptors (Lipinski definition) is 6. The Kier molecular flexibility index (Phi) is 3.70. The molecule has 0 aliphatic heterocycles. The number of hydrogen-bond donors (Lipinski definition) is 0. The van der Waals surface area contributed by atoms with E-state index in [1.54, 1.807) is 43.3 Å². The molecule has 0 amide bonds. The molecule has 0 aliphatic carbocycles. The zero-order valence-electron chi connectivity index (χ0n) is 13.0. The van der Waals surface area contributed by atoms with E-state index in [9.17, 15) is 4.79 Å². The minimum Gasteiger partial charge on any atom is -0.447 e. The SMILES string of the molecule is Cc1c(C(=O)Oc2cccc(-n3cnnn3)c2)oc2c(Cl)cccc12. The molecular formula is C17H11ClN4O3. The molecule has 0 bridgehead atoms. The lowest BCUT2D eigenvalue weighted by molar-refractivity contribution is 0.0703. The van der Waals surface area contributed by atoms with Gasteiger partial charge in [-0.05, 0) is 35.5 Å². The number of para-hydroxylation sites is 1. The van der Waals surface area contributed by atoms with Gasteiger partial charge in [-0.3, -0.25) is 0 Å². The molecule has 0 atom stereocenters. The van der Waals surface area contributed by atoms with Crippen molar-refractivity contribution in [3.05, 3.63) is 65.1 Å². The monoisotopic (exact) mass is 354 g/mol. The third-order valence-corrected chi connectivity index (χ3v) is 4.04. The van der Waals surface area contributed by atoms with E-state index in [0.29, 0.717) is 27.6 Å². The Morgan fingerprint density at radius 1 is 1.24 bits per heavy atom. The maximum absolute atomic E-state index is 12.5. The lowest BCUT2D eigenvalue weighted by Crippen LogP contribution is -2.09. The van der Waals surface area contributed by atoms with Crippen molar-refractivity contribution in [2.75, 3.05) is 0 Å². The molecule has 2 aromatic heterocycles. The predicted molar refractivity (Wildman–Crippen MR) is 90.1 cm³/mol. The second-order valence-electron chi connectivity index (χ2n) is 5.31. The van der Waals surface area contributed by atoms with E-state index in [2.05, 4.69) is 15.5 Å². The zero-order chi connectivity index (χ0) is 17.4. The van der Waals surface area contributed by atoms with Gasteiger partial charge >= 0.3 is 5.97 Å². The number of esters is 1. The number of fused-ring (bicyclic) bond motifs is 1. The fraction of sp³-hybridized carbons (Fsp3) is 0.0588. The van der Waals surface area contributed by atoms with Crippen LogP contribution in [-0.2, 0) is 0 Å². The summed E-state index contributed by atoms with van der Waals surface area (Å²) in [6.07, 6.45) is 1.45. The number of nitrogens with zero attached hydrogens (tertiary/aromatic N) is 4. The Hall–Kier alpha value is -3.19. The molecule has 0 fully saturated rings. The van der Waals surface area contributed by atoms with E-state index in [-0.39, 0.29) is 5.76 Å². The van der Waals surface area contributed by atoms with E-state index in [4.69, 9.17) is 20.8 Å². The van der Waals surface area contributed by atoms with Gasteiger partial charge in [-0.2, -0.15) is 0 Å². The highest BCUT2D eigenvalue weighted by molar-refractivity contribution is 6.35. The predicted octanol–water partition coefficient (Wildman–Crippen LogP) is 3.59. The molecule has 0 N–H and O–H groups in total. The largest absolute Gasteiger partial charge is 0.447 e. The van der Waals surface area contributed by atoms with Gasteiger partial charge in [0, 0.05) is 17.0 Å². The summed E-state index contributed by atoms with van der Waals surface area (Å²) < 4.78 is 12.5. The lowest BCUT2D eigenvalue weighted by atomic mass is 10.1. The zero-order valence-corrected chi connectivity index (χ0v) is 13.8. The first-order valence-electron chi connectivity index (χ1n) is 7.36. The molecular weight excluding hydrogens is 344 g/mol. The Balaban J connectivity index is 1.66. The van der Waals surface area contributed by atoms with Crippen molar-refractivity contribution in [2.45, 2.75) is 6.92 Å². The summed E-state index contributed by atoms with van der Waals surface area (Å²) in [6, 6.07) is 12.2. The van der Waals surface area contributed by atoms with Crippen LogP contribution in [0.2, 0.25) is 5.02 Å². The molecule has 0 unspecified atom stereocenters. The summed E-state index contributed by atoms with van der Waals surface area (Å²) >= 11 is 6.12. The summed E-state index contributed by atoms with van der Waals surface area (Å²) in [5.41, 5.74) is 1.81. The number of furan rings is 1. The lowest BCUT2D eigenvalue weighted by Gasteiger charge is -2.05. The summed E-state index contributed by atoms with van der Waals surface area (Å²) in [5, 5.41) is 12.2. The standard InChI is InChI=1S/C17H11ClN4O3/c1-10-13-6-3-7-14(18)16(13)25-15(10)17(23)24-12-5-2-4-11(8-12)22-9-19-20-21-22/h2-9H,1H3. The van der Waals surface area contributed by atoms with Crippen LogP contribution in [0.4, 0.5) is 0 Å². The molecule has 0 saturated carbocycles. The highest BCUT2D eigenvalue weighted by atomic mass is 35.5. The van der Waals surface area contributed by atoms with Crippen LogP contribution in [0.25, 0.3) is 16.7 Å². The summed E-state index contributed by atoms with van der Waals surface area (Å²) in [7, 11) is 0. The van der Waals surface area contributed by atoms with Crippen LogP contribution in [0.15, 0.2) is 53.2 Å². The molecule has 8 heteroatoms. The smallest absolute Gasteiger partial charge is 0.379 e. The molecule has 0 spiro atoms. The summed E-state index contributed by atoms with van der Waals surface area (Å²) in [4.78, 5) is 12.5. The molecule has 7 nitrogen and oxygen atoms in total. The van der Waals surface area contributed by atoms with Crippen molar-refractivity contribution in [1.29, 1.82) is 0 Å². The Morgan fingerprint density at radius 2 is 2.08 bits per heavy atom. The quantitative estimate of drug-likeness (QED) is 0.413. The third-order valence-electron chi connectivity index (χ3n) is 3.74. The fourth-order valence-corrected chi connectivity index (χ4v) is 2.74. The molecule has 0 aliphatic rings. The van der Waals surface area contributed by atoms with E-state index in [1.165, 1.54) is 11.0 Å². The first-order valence-corrected chi connectivity index (χ1v) is 7.74. The third kappa shape index (κ3) is 2.74. The second-order valence-corrected chi connectivity index (χ2v) is 5.72. The Labute approximate surface area is 146 Å². The summed E-state index contributed by atoms with van der Waals surface area (Å²) in [5.74, 6) is -0.126. The van der Waals surface area contributed by atoms with Crippen molar-refractivity contribution in [1.82, 2.24) is 20.2 Å². The van der Waals surface area contributed by atoms with Crippen LogP contribution < -0.4 is 4.74 Å². The van der Waals surface area contributed by atoms with E-state index in [1.807, 2.05) is 6.07 Å². The van der Waals surface area contributed by atoms with Gasteiger partial charge in [0.15, 0.2) is 5.58 Å². The van der Waals surface area contributed by atoms with E-state index < -0.39 is 5.97 Å². The molecule has 4 aromatic rings. The van der Waals surface area contributed by atoms with Gasteiger partial charge in [0.25, 0.3) is 0 Å². The van der Waals surface area contributed by atoms with Crippen LogP contribution in [0, 0.1) is 6.92 Å². The maximum Gasteiger partial charge on any atom is 0.379 e. The van der Waals surface area contributed by atoms with Crippen LogP contribution in [-0.4, -0.2) is 26.2 Å². The molecule has 0 saturated heterocycles. The topological polar surface area (TPSA) is 83.0 Å². The average molecular weight is 355 g/mol. The van der Waals surface area contributed by atoms with Gasteiger partial charge in [-0.25, -0.2) is 9.48 Å². The van der Waals surface area contributed by atoms with Gasteiger partial charge in [0.1, 0.15) is 12.1 Å². The van der Waals surface area contributed by atoms with Crippen molar-refractivity contribution < 1.29 is 13.9 Å². The number of halogens is 1. The molecule has 2 aromatic carbocycles. The number of aryl methyl sites for hydroxylation is 1. The molecule has 124 valence electrons. The highest BCUT2D eigenvalue weighted by Gasteiger charge is 2.21. The second kappa shape index (κ2) is 6.03. The number of carbonyl (C=O) groups excluding carboxylic acids is 1. The summed E-state index contributed by atoms with van der Waals surface area (Å²) in [6.45, 7) is 1.79. The molecule has 4 rings (SSSR count). The fourth-order valence-electron chi connectivity index (χ4n) is 2.53. The maximum atomic E-state index is 12.5. The van der Waals surface area contributed by atoms with Crippen LogP contribution in [0.5, 0.6) is 5.75 Å². The number of tetrazole rings is 1. The average Bonchev–Trinajstić information content (AvgIpc) is 3.25. The van der Waals surface area contributed by atoms with Crippen molar-refractivity contribution in [2.24, 2.45) is 0 Å². The van der Waals surface area contributed by atoms with Gasteiger partial charge in [-0.15, -0.1) is 5.10 Å². The minimum absolute atomic E-state index is 0.121. The number of carbonyl (C=O) groups is 1. The molecule has 25 heavy (non-hydrogen) atoms. The van der Waals surface area contributed by atoms with E-state index >= 15 is 0 Å². The van der Waals surface area contributed by atoms with Gasteiger partial charge < -0.3 is 9.15 Å². The van der Waals surface area contributed by atoms with Crippen molar-refractivity contribution >= 4 is 28.5 Å². The minimum atomic E-state index is -0.598. The van der Waals surface area contributed by atoms with Gasteiger partial charge in [0.2, 0.25) is 5.76 Å². The highest BCUT2D eigenvalue weighted by Crippen LogP contribution is 2.31. The van der Waals surface area contributed by atoms with Crippen LogP contribution >= 0.6 is 11.6 Å². The first kappa shape index (κ1) is 15.3. The van der Waals surface area contributed by atoms with Gasteiger partial charge in [0.05, 0.1) is 10.7 Å². The Bertz CT molecular complexity index is 1070. The van der Waals surface area contributed by atoms with E-state index in [0.717, 1.165) is 5.39 Å². The van der Waals surface area contributed by atoms with Crippen LogP contribution in [0.3, 0.4) is 0 Å². The van der Waals surface area contributed by atoms with Crippen molar-refractivity contribution in [3.63, 3.8) is 0 Å². The number of benzene rings is 2. The molecule has 2 heterocycles. The van der Waals surface area contributed by atoms with Crippen molar-refractivity contribution in [3.8, 4) is 11.4 Å². The normalized spacial score (nSPS) is 11.0. The number of aromatic nitrogens is 4. The first-order chi connectivity index (χ1) is 12.1. The Morgan fingerprint density at radius 3 is 2.84 bits per heavy atom. The number of ether oxygens (including phenoxy) is 1.